The van der Waals surface area contributed by atoms with E-state index < -0.39 is 9.84 Å². The Bertz CT molecular complexity index is 765. The minimum Gasteiger partial charge on any atom is -0.351 e. The molecule has 0 unspecified atom stereocenters. The zero-order chi connectivity index (χ0) is 17.3. The number of carbonyl (C=O) groups excluding carboxylic acids is 2. The second kappa shape index (κ2) is 6.84. The van der Waals surface area contributed by atoms with Crippen molar-refractivity contribution < 1.29 is 18.0 Å². The fourth-order valence-corrected chi connectivity index (χ4v) is 5.17. The Morgan fingerprint density at radius 3 is 2.75 bits per heavy atom. The lowest BCUT2D eigenvalue weighted by atomic mass is 10.1. The van der Waals surface area contributed by atoms with Gasteiger partial charge in [0, 0.05) is 16.4 Å². The summed E-state index contributed by atoms with van der Waals surface area (Å²) >= 11 is 3.42. The molecule has 1 saturated carbocycles. The van der Waals surface area contributed by atoms with Crippen LogP contribution in [0.25, 0.3) is 0 Å². The highest BCUT2D eigenvalue weighted by molar-refractivity contribution is 9.10. The smallest absolute Gasteiger partial charge is 0.239 e. The van der Waals surface area contributed by atoms with Gasteiger partial charge in [-0.2, -0.15) is 0 Å². The van der Waals surface area contributed by atoms with Crippen LogP contribution in [-0.4, -0.2) is 44.3 Å². The highest BCUT2D eigenvalue weighted by Crippen LogP contribution is 2.47. The predicted octanol–water partition coefficient (Wildman–Crippen LogP) is 0.972. The summed E-state index contributed by atoms with van der Waals surface area (Å²) in [5.74, 6) is -0.273. The van der Waals surface area contributed by atoms with Gasteiger partial charge in [-0.15, -0.1) is 0 Å². The van der Waals surface area contributed by atoms with Crippen LogP contribution in [0.2, 0.25) is 0 Å². The number of nitrogens with one attached hydrogen (secondary N) is 2. The number of hydrogen-bond acceptors (Lipinski definition) is 4. The van der Waals surface area contributed by atoms with Crippen molar-refractivity contribution in [3.05, 3.63) is 34.3 Å². The minimum absolute atomic E-state index is 0.0136. The van der Waals surface area contributed by atoms with Crippen LogP contribution in [0.15, 0.2) is 28.7 Å². The third-order valence-electron chi connectivity index (χ3n) is 4.42. The quantitative estimate of drug-likeness (QED) is 0.750. The fraction of sp³-hybridized carbons (Fsp3) is 0.500. The van der Waals surface area contributed by atoms with Crippen LogP contribution in [0.3, 0.4) is 0 Å². The third-order valence-corrected chi connectivity index (χ3v) is 6.69. The lowest BCUT2D eigenvalue weighted by Crippen LogP contribution is -2.42. The van der Waals surface area contributed by atoms with Crippen molar-refractivity contribution in [1.29, 1.82) is 0 Å². The van der Waals surface area contributed by atoms with Gasteiger partial charge in [0.05, 0.1) is 18.1 Å². The molecule has 1 aromatic rings. The molecular weight excluding hydrogens is 396 g/mol. The van der Waals surface area contributed by atoms with E-state index in [0.717, 1.165) is 16.5 Å². The van der Waals surface area contributed by atoms with Gasteiger partial charge in [-0.25, -0.2) is 8.42 Å². The van der Waals surface area contributed by atoms with Crippen LogP contribution in [-0.2, 0) is 19.4 Å². The summed E-state index contributed by atoms with van der Waals surface area (Å²) in [5.41, 5.74) is 1.12. The fourth-order valence-electron chi connectivity index (χ4n) is 3.08. The first-order chi connectivity index (χ1) is 11.3. The normalized spacial score (nSPS) is 27.5. The Kier molecular flexibility index (Phi) is 4.96. The van der Waals surface area contributed by atoms with Crippen LogP contribution in [0.1, 0.15) is 24.3 Å². The van der Waals surface area contributed by atoms with Crippen molar-refractivity contribution in [3.63, 3.8) is 0 Å². The van der Waals surface area contributed by atoms with Crippen LogP contribution in [0.4, 0.5) is 0 Å². The molecule has 2 aliphatic rings. The number of sulfone groups is 1. The molecule has 0 aromatic heterocycles. The average molecular weight is 415 g/mol. The van der Waals surface area contributed by atoms with Crippen molar-refractivity contribution in [3.8, 4) is 0 Å². The van der Waals surface area contributed by atoms with Crippen molar-refractivity contribution in [1.82, 2.24) is 10.6 Å². The SMILES string of the molecule is O=C(CNC(=O)[C@@H]1C[C@@H]1c1cccc(Br)c1)N[C@H]1CCS(=O)(=O)C1. The van der Waals surface area contributed by atoms with E-state index in [0.29, 0.717) is 6.42 Å². The molecule has 1 aliphatic carbocycles. The molecule has 1 aromatic carbocycles. The van der Waals surface area contributed by atoms with E-state index in [-0.39, 0.29) is 47.7 Å². The van der Waals surface area contributed by atoms with Gasteiger partial charge in [-0.1, -0.05) is 28.1 Å². The van der Waals surface area contributed by atoms with E-state index in [1.165, 1.54) is 0 Å². The first kappa shape index (κ1) is 17.4. The second-order valence-electron chi connectivity index (χ2n) is 6.39. The molecule has 2 fully saturated rings. The third kappa shape index (κ3) is 4.36. The van der Waals surface area contributed by atoms with Gasteiger partial charge < -0.3 is 10.6 Å². The lowest BCUT2D eigenvalue weighted by Gasteiger charge is -2.11. The molecule has 1 heterocycles. The highest BCUT2D eigenvalue weighted by atomic mass is 79.9. The van der Waals surface area contributed by atoms with E-state index >= 15 is 0 Å². The Morgan fingerprint density at radius 2 is 2.08 bits per heavy atom. The Morgan fingerprint density at radius 1 is 1.29 bits per heavy atom. The molecule has 0 radical (unpaired) electrons. The Labute approximate surface area is 149 Å². The van der Waals surface area contributed by atoms with Gasteiger partial charge in [0.2, 0.25) is 11.8 Å². The van der Waals surface area contributed by atoms with Gasteiger partial charge in [0.15, 0.2) is 9.84 Å². The Hall–Kier alpha value is -1.41. The predicted molar refractivity (Wildman–Crippen MR) is 93.2 cm³/mol. The van der Waals surface area contributed by atoms with Crippen molar-refractivity contribution in [2.24, 2.45) is 5.92 Å². The first-order valence-electron chi connectivity index (χ1n) is 7.87. The largest absolute Gasteiger partial charge is 0.351 e. The van der Waals surface area contributed by atoms with Crippen molar-refractivity contribution in [2.75, 3.05) is 18.1 Å². The molecule has 0 bridgehead atoms. The van der Waals surface area contributed by atoms with Crippen LogP contribution < -0.4 is 10.6 Å². The molecule has 0 spiro atoms. The molecule has 2 amide bonds. The molecule has 6 nitrogen and oxygen atoms in total. The Balaban J connectivity index is 1.43. The zero-order valence-electron chi connectivity index (χ0n) is 13.0. The summed E-state index contributed by atoms with van der Waals surface area (Å²) in [5, 5.41) is 5.30. The number of rotatable bonds is 5. The molecule has 2 N–H and O–H groups in total. The number of carbonyl (C=O) groups is 2. The summed E-state index contributed by atoms with van der Waals surface area (Å²) in [7, 11) is -3.02. The molecule has 1 aliphatic heterocycles. The topological polar surface area (TPSA) is 92.3 Å². The van der Waals surface area contributed by atoms with E-state index in [1.807, 2.05) is 24.3 Å². The highest BCUT2D eigenvalue weighted by Gasteiger charge is 2.44. The van der Waals surface area contributed by atoms with Crippen molar-refractivity contribution >= 4 is 37.6 Å². The first-order valence-corrected chi connectivity index (χ1v) is 10.5. The van der Waals surface area contributed by atoms with Crippen molar-refractivity contribution in [2.45, 2.75) is 24.8 Å². The zero-order valence-corrected chi connectivity index (χ0v) is 15.4. The van der Waals surface area contributed by atoms with Gasteiger partial charge in [0.1, 0.15) is 0 Å². The van der Waals surface area contributed by atoms with Gasteiger partial charge >= 0.3 is 0 Å². The van der Waals surface area contributed by atoms with E-state index in [1.54, 1.807) is 0 Å². The molecular formula is C16H19BrN2O4S. The second-order valence-corrected chi connectivity index (χ2v) is 9.53. The van der Waals surface area contributed by atoms with Gasteiger partial charge in [-0.3, -0.25) is 9.59 Å². The maximum Gasteiger partial charge on any atom is 0.239 e. The molecule has 130 valence electrons. The summed E-state index contributed by atoms with van der Waals surface area (Å²) in [6, 6.07) is 7.54. The summed E-state index contributed by atoms with van der Waals surface area (Å²) in [6.07, 6.45) is 1.22. The standard InChI is InChI=1S/C16H19BrN2O4S/c17-11-3-1-2-10(6-11)13-7-14(13)16(21)18-8-15(20)19-12-4-5-24(22,23)9-12/h1-3,6,12-14H,4-5,7-9H2,(H,18,21)(H,19,20)/t12-,13+,14+/m0/s1. The van der Waals surface area contributed by atoms with Crippen LogP contribution in [0, 0.1) is 5.92 Å². The van der Waals surface area contributed by atoms with Crippen LogP contribution >= 0.6 is 15.9 Å². The maximum atomic E-state index is 12.1. The summed E-state index contributed by atoms with van der Waals surface area (Å²) < 4.78 is 23.7. The average Bonchev–Trinajstić information content (AvgIpc) is 3.24. The molecule has 3 atom stereocenters. The summed E-state index contributed by atoms with van der Waals surface area (Å²) in [6.45, 7) is -0.114. The molecule has 8 heteroatoms. The maximum absolute atomic E-state index is 12.1. The van der Waals surface area contributed by atoms with Gasteiger partial charge in [0.25, 0.3) is 0 Å². The monoisotopic (exact) mass is 414 g/mol. The summed E-state index contributed by atoms with van der Waals surface area (Å²) in [4.78, 5) is 23.9. The number of benzene rings is 1. The van der Waals surface area contributed by atoms with E-state index in [2.05, 4.69) is 26.6 Å². The van der Waals surface area contributed by atoms with E-state index in [4.69, 9.17) is 0 Å². The minimum atomic E-state index is -3.02. The number of amides is 2. The molecule has 24 heavy (non-hydrogen) atoms. The number of hydrogen-bond donors (Lipinski definition) is 2. The number of halogens is 1. The van der Waals surface area contributed by atoms with Crippen LogP contribution in [0.5, 0.6) is 0 Å². The lowest BCUT2D eigenvalue weighted by molar-refractivity contribution is -0.127. The molecule has 1 saturated heterocycles. The molecule has 3 rings (SSSR count). The van der Waals surface area contributed by atoms with Gasteiger partial charge in [-0.05, 0) is 36.5 Å². The van der Waals surface area contributed by atoms with E-state index in [9.17, 15) is 18.0 Å².